The highest BCUT2D eigenvalue weighted by molar-refractivity contribution is 9.10. The van der Waals surface area contributed by atoms with Gasteiger partial charge in [-0.1, -0.05) is 24.4 Å². The number of halogens is 2. The molecule has 100 valence electrons. The Bertz CT molecular complexity index is 393. The third-order valence-corrected chi connectivity index (χ3v) is 4.13. The molecule has 1 fully saturated rings. The number of ether oxygens (including phenoxy) is 1. The van der Waals surface area contributed by atoms with Crippen molar-refractivity contribution in [3.8, 4) is 5.75 Å². The highest BCUT2D eigenvalue weighted by Gasteiger charge is 2.15. The van der Waals surface area contributed by atoms with Crippen LogP contribution in [0.4, 0.5) is 0 Å². The minimum Gasteiger partial charge on any atom is -0.488 e. The third-order valence-electron chi connectivity index (χ3n) is 3.27. The fourth-order valence-corrected chi connectivity index (χ4v) is 3.07. The van der Waals surface area contributed by atoms with Gasteiger partial charge in [0, 0.05) is 17.6 Å². The molecule has 1 atom stereocenters. The fourth-order valence-electron chi connectivity index (χ4n) is 2.29. The zero-order valence-corrected chi connectivity index (χ0v) is 12.9. The Morgan fingerprint density at radius 2 is 2.17 bits per heavy atom. The summed E-state index contributed by atoms with van der Waals surface area (Å²) in [4.78, 5) is 0. The molecule has 2 rings (SSSR count). The second-order valence-corrected chi connectivity index (χ2v) is 6.18. The lowest BCUT2D eigenvalue weighted by molar-refractivity contribution is 0.210. The molecule has 1 aromatic carbocycles. The van der Waals surface area contributed by atoms with Crippen LogP contribution >= 0.6 is 27.5 Å². The van der Waals surface area contributed by atoms with Gasteiger partial charge in [-0.25, -0.2) is 0 Å². The summed E-state index contributed by atoms with van der Waals surface area (Å²) in [7, 11) is 0. The van der Waals surface area contributed by atoms with Crippen LogP contribution in [0.3, 0.4) is 0 Å². The van der Waals surface area contributed by atoms with E-state index in [9.17, 15) is 0 Å². The lowest BCUT2D eigenvalue weighted by Crippen LogP contribution is -2.35. The molecule has 18 heavy (non-hydrogen) atoms. The summed E-state index contributed by atoms with van der Waals surface area (Å²) < 4.78 is 6.80. The van der Waals surface area contributed by atoms with E-state index in [-0.39, 0.29) is 6.10 Å². The van der Waals surface area contributed by atoms with Crippen molar-refractivity contribution in [1.82, 2.24) is 5.32 Å². The van der Waals surface area contributed by atoms with Crippen molar-refractivity contribution < 1.29 is 4.74 Å². The molecule has 0 saturated heterocycles. The molecule has 0 radical (unpaired) electrons. The van der Waals surface area contributed by atoms with E-state index in [1.165, 1.54) is 25.7 Å². The maximum absolute atomic E-state index is 5.90. The molecule has 2 nitrogen and oxygen atoms in total. The first-order valence-electron chi connectivity index (χ1n) is 6.50. The van der Waals surface area contributed by atoms with Crippen LogP contribution in [-0.4, -0.2) is 18.7 Å². The van der Waals surface area contributed by atoms with E-state index in [1.807, 2.05) is 18.2 Å². The summed E-state index contributed by atoms with van der Waals surface area (Å²) in [6.07, 6.45) is 5.48. The first kappa shape index (κ1) is 14.2. The van der Waals surface area contributed by atoms with Crippen molar-refractivity contribution in [2.75, 3.05) is 6.54 Å². The summed E-state index contributed by atoms with van der Waals surface area (Å²) in [6.45, 7) is 2.97. The lowest BCUT2D eigenvalue weighted by atomic mass is 10.2. The Kier molecular flexibility index (Phi) is 5.34. The number of hydrogen-bond donors (Lipinski definition) is 1. The van der Waals surface area contributed by atoms with Gasteiger partial charge < -0.3 is 10.1 Å². The van der Waals surface area contributed by atoms with Crippen LogP contribution < -0.4 is 10.1 Å². The van der Waals surface area contributed by atoms with Gasteiger partial charge in [0.15, 0.2) is 0 Å². The molecule has 0 heterocycles. The van der Waals surface area contributed by atoms with E-state index >= 15 is 0 Å². The Morgan fingerprint density at radius 1 is 1.44 bits per heavy atom. The predicted octanol–water partition coefficient (Wildman–Crippen LogP) is 4.40. The molecule has 1 saturated carbocycles. The summed E-state index contributed by atoms with van der Waals surface area (Å²) in [5, 5.41) is 4.28. The highest BCUT2D eigenvalue weighted by Crippen LogP contribution is 2.28. The number of nitrogens with one attached hydrogen (secondary N) is 1. The van der Waals surface area contributed by atoms with E-state index in [2.05, 4.69) is 28.2 Å². The van der Waals surface area contributed by atoms with Crippen LogP contribution in [0, 0.1) is 0 Å². The Hall–Kier alpha value is -0.250. The first-order valence-corrected chi connectivity index (χ1v) is 7.67. The van der Waals surface area contributed by atoms with Crippen LogP contribution in [0.5, 0.6) is 5.75 Å². The van der Waals surface area contributed by atoms with Crippen molar-refractivity contribution in [3.63, 3.8) is 0 Å². The van der Waals surface area contributed by atoms with Gasteiger partial charge in [0.2, 0.25) is 0 Å². The zero-order chi connectivity index (χ0) is 13.0. The van der Waals surface area contributed by atoms with Crippen LogP contribution in [0.15, 0.2) is 22.7 Å². The topological polar surface area (TPSA) is 21.3 Å². The second-order valence-electron chi connectivity index (χ2n) is 4.89. The summed E-state index contributed by atoms with van der Waals surface area (Å²) in [6, 6.07) is 6.29. The van der Waals surface area contributed by atoms with E-state index < -0.39 is 0 Å². The van der Waals surface area contributed by atoms with Gasteiger partial charge in [0.05, 0.1) is 4.47 Å². The van der Waals surface area contributed by atoms with Gasteiger partial charge >= 0.3 is 0 Å². The number of benzene rings is 1. The number of rotatable bonds is 5. The molecule has 0 spiro atoms. The average molecular weight is 333 g/mol. The zero-order valence-electron chi connectivity index (χ0n) is 10.6. The van der Waals surface area contributed by atoms with E-state index in [4.69, 9.17) is 16.3 Å². The summed E-state index contributed by atoms with van der Waals surface area (Å²) in [5.74, 6) is 0.847. The van der Waals surface area contributed by atoms with Gasteiger partial charge in [-0.05, 0) is 53.9 Å². The van der Waals surface area contributed by atoms with Gasteiger partial charge in [0.1, 0.15) is 11.9 Å². The largest absolute Gasteiger partial charge is 0.488 e. The lowest BCUT2D eigenvalue weighted by Gasteiger charge is -2.19. The maximum Gasteiger partial charge on any atom is 0.134 e. The molecule has 0 amide bonds. The van der Waals surface area contributed by atoms with Crippen molar-refractivity contribution >= 4 is 27.5 Å². The standard InChI is InChI=1S/C14H19BrClNO/c1-10(9-17-12-4-2-3-5-12)18-14-7-6-11(16)8-13(14)15/h6-8,10,12,17H,2-5,9H2,1H3. The number of hydrogen-bond acceptors (Lipinski definition) is 2. The van der Waals surface area contributed by atoms with Crippen LogP contribution in [0.25, 0.3) is 0 Å². The van der Waals surface area contributed by atoms with Crippen LogP contribution in [0.2, 0.25) is 5.02 Å². The molecule has 1 aliphatic carbocycles. The highest BCUT2D eigenvalue weighted by atomic mass is 79.9. The smallest absolute Gasteiger partial charge is 0.134 e. The molecule has 0 aromatic heterocycles. The fraction of sp³-hybridized carbons (Fsp3) is 0.571. The van der Waals surface area contributed by atoms with Crippen molar-refractivity contribution in [3.05, 3.63) is 27.7 Å². The van der Waals surface area contributed by atoms with Crippen LogP contribution in [-0.2, 0) is 0 Å². The monoisotopic (exact) mass is 331 g/mol. The maximum atomic E-state index is 5.90. The Labute approximate surface area is 122 Å². The minimum absolute atomic E-state index is 0.156. The minimum atomic E-state index is 0.156. The van der Waals surface area contributed by atoms with Crippen molar-refractivity contribution in [2.24, 2.45) is 0 Å². The summed E-state index contributed by atoms with van der Waals surface area (Å²) >= 11 is 9.37. The third kappa shape index (κ3) is 4.15. The SMILES string of the molecule is CC(CNC1CCCC1)Oc1ccc(Cl)cc1Br. The molecular weight excluding hydrogens is 314 g/mol. The normalized spacial score (nSPS) is 17.9. The van der Waals surface area contributed by atoms with E-state index in [1.54, 1.807) is 0 Å². The van der Waals surface area contributed by atoms with Gasteiger partial charge in [-0.3, -0.25) is 0 Å². The molecule has 4 heteroatoms. The first-order chi connectivity index (χ1) is 8.65. The van der Waals surface area contributed by atoms with Gasteiger partial charge in [0.25, 0.3) is 0 Å². The molecular formula is C14H19BrClNO. The molecule has 0 aliphatic heterocycles. The molecule has 1 N–H and O–H groups in total. The molecule has 1 aromatic rings. The molecule has 0 bridgehead atoms. The second kappa shape index (κ2) is 6.78. The predicted molar refractivity (Wildman–Crippen MR) is 79.5 cm³/mol. The quantitative estimate of drug-likeness (QED) is 0.863. The summed E-state index contributed by atoms with van der Waals surface area (Å²) in [5.41, 5.74) is 0. The Balaban J connectivity index is 1.80. The Morgan fingerprint density at radius 3 is 2.83 bits per heavy atom. The van der Waals surface area contributed by atoms with Crippen molar-refractivity contribution in [1.29, 1.82) is 0 Å². The average Bonchev–Trinajstić information content (AvgIpc) is 2.83. The van der Waals surface area contributed by atoms with Gasteiger partial charge in [-0.2, -0.15) is 0 Å². The van der Waals surface area contributed by atoms with Crippen LogP contribution in [0.1, 0.15) is 32.6 Å². The van der Waals surface area contributed by atoms with E-state index in [0.717, 1.165) is 16.8 Å². The van der Waals surface area contributed by atoms with E-state index in [0.29, 0.717) is 11.1 Å². The van der Waals surface area contributed by atoms with Crippen molar-refractivity contribution in [2.45, 2.75) is 44.8 Å². The molecule has 1 unspecified atom stereocenters. The van der Waals surface area contributed by atoms with Gasteiger partial charge in [-0.15, -0.1) is 0 Å². The molecule has 1 aliphatic rings.